The Hall–Kier alpha value is -3.15. The van der Waals surface area contributed by atoms with Crippen LogP contribution in [0.25, 0.3) is 11.0 Å². The number of anilines is 1. The maximum atomic E-state index is 12.4. The van der Waals surface area contributed by atoms with E-state index in [9.17, 15) is 9.59 Å². The van der Waals surface area contributed by atoms with Gasteiger partial charge in [0.15, 0.2) is 0 Å². The Kier molecular flexibility index (Phi) is 4.39. The first-order valence-electron chi connectivity index (χ1n) is 8.84. The molecule has 0 atom stereocenters. The largest absolute Gasteiger partial charge is 0.349 e. The average molecular weight is 348 g/mol. The molecule has 6 nitrogen and oxygen atoms in total. The van der Waals surface area contributed by atoms with Crippen molar-refractivity contribution in [1.29, 1.82) is 0 Å². The summed E-state index contributed by atoms with van der Waals surface area (Å²) in [4.78, 5) is 31.8. The van der Waals surface area contributed by atoms with Crippen molar-refractivity contribution in [2.24, 2.45) is 0 Å². The lowest BCUT2D eigenvalue weighted by atomic mass is 10.1. The number of carbonyl (C=O) groups excluding carboxylic acids is 2. The molecule has 6 heteroatoms. The molecular weight excluding hydrogens is 328 g/mol. The normalized spacial score (nSPS) is 14.5. The van der Waals surface area contributed by atoms with E-state index in [2.05, 4.69) is 20.6 Å². The molecule has 0 saturated heterocycles. The van der Waals surface area contributed by atoms with Crippen molar-refractivity contribution < 1.29 is 9.59 Å². The molecule has 2 amide bonds. The van der Waals surface area contributed by atoms with E-state index in [4.69, 9.17) is 0 Å². The maximum absolute atomic E-state index is 12.4. The van der Waals surface area contributed by atoms with Crippen molar-refractivity contribution in [2.45, 2.75) is 31.7 Å². The Bertz CT molecular complexity index is 940. The van der Waals surface area contributed by atoms with E-state index in [-0.39, 0.29) is 11.8 Å². The molecule has 1 aliphatic rings. The van der Waals surface area contributed by atoms with Crippen LogP contribution in [-0.2, 0) is 0 Å². The minimum absolute atomic E-state index is 0.0560. The van der Waals surface area contributed by atoms with Crippen LogP contribution in [0.4, 0.5) is 5.69 Å². The van der Waals surface area contributed by atoms with Crippen LogP contribution in [0.3, 0.4) is 0 Å². The van der Waals surface area contributed by atoms with Gasteiger partial charge in [-0.15, -0.1) is 0 Å². The van der Waals surface area contributed by atoms with Crippen LogP contribution in [-0.4, -0.2) is 27.8 Å². The maximum Gasteiger partial charge on any atom is 0.255 e. The fraction of sp³-hybridized carbons (Fsp3) is 0.250. The van der Waals surface area contributed by atoms with Crippen LogP contribution < -0.4 is 10.6 Å². The van der Waals surface area contributed by atoms with Crippen LogP contribution in [0.15, 0.2) is 48.8 Å². The number of H-pyrrole nitrogens is 1. The molecule has 0 radical (unpaired) electrons. The lowest BCUT2D eigenvalue weighted by Gasteiger charge is -2.12. The number of fused-ring (bicyclic) bond motifs is 1. The van der Waals surface area contributed by atoms with Gasteiger partial charge >= 0.3 is 0 Å². The Morgan fingerprint density at radius 1 is 0.962 bits per heavy atom. The number of imidazole rings is 1. The van der Waals surface area contributed by atoms with Gasteiger partial charge in [0, 0.05) is 22.9 Å². The number of hydrogen-bond donors (Lipinski definition) is 3. The summed E-state index contributed by atoms with van der Waals surface area (Å²) < 4.78 is 0. The van der Waals surface area contributed by atoms with Crippen LogP contribution in [0.2, 0.25) is 0 Å². The third kappa shape index (κ3) is 3.44. The fourth-order valence-corrected chi connectivity index (χ4v) is 3.32. The summed E-state index contributed by atoms with van der Waals surface area (Å²) in [5, 5.41) is 5.91. The number of nitrogens with zero attached hydrogens (tertiary/aromatic N) is 1. The second kappa shape index (κ2) is 7.00. The van der Waals surface area contributed by atoms with Gasteiger partial charge in [0.25, 0.3) is 11.8 Å². The minimum atomic E-state index is -0.204. The molecule has 26 heavy (non-hydrogen) atoms. The van der Waals surface area contributed by atoms with Gasteiger partial charge < -0.3 is 15.6 Å². The van der Waals surface area contributed by atoms with Crippen LogP contribution in [0, 0.1) is 0 Å². The van der Waals surface area contributed by atoms with Gasteiger partial charge in [0.05, 0.1) is 17.4 Å². The van der Waals surface area contributed by atoms with Crippen molar-refractivity contribution in [2.75, 3.05) is 5.32 Å². The van der Waals surface area contributed by atoms with Crippen LogP contribution >= 0.6 is 0 Å². The van der Waals surface area contributed by atoms with E-state index in [0.29, 0.717) is 22.9 Å². The quantitative estimate of drug-likeness (QED) is 0.674. The fourth-order valence-electron chi connectivity index (χ4n) is 3.32. The number of rotatable bonds is 4. The molecule has 132 valence electrons. The highest BCUT2D eigenvalue weighted by Crippen LogP contribution is 2.19. The summed E-state index contributed by atoms with van der Waals surface area (Å²) in [6.07, 6.45) is 6.07. The minimum Gasteiger partial charge on any atom is -0.349 e. The summed E-state index contributed by atoms with van der Waals surface area (Å²) in [6, 6.07) is 12.6. The van der Waals surface area contributed by atoms with E-state index in [0.717, 1.165) is 23.9 Å². The monoisotopic (exact) mass is 348 g/mol. The average Bonchev–Trinajstić information content (AvgIpc) is 3.33. The zero-order valence-electron chi connectivity index (χ0n) is 14.3. The van der Waals surface area contributed by atoms with Gasteiger partial charge in [-0.2, -0.15) is 0 Å². The number of amides is 2. The second-order valence-corrected chi connectivity index (χ2v) is 6.62. The predicted molar refractivity (Wildman–Crippen MR) is 100 cm³/mol. The highest BCUT2D eigenvalue weighted by molar-refractivity contribution is 6.06. The highest BCUT2D eigenvalue weighted by Gasteiger charge is 2.18. The number of benzene rings is 2. The Morgan fingerprint density at radius 2 is 1.69 bits per heavy atom. The molecule has 1 saturated carbocycles. The summed E-state index contributed by atoms with van der Waals surface area (Å²) in [5.41, 5.74) is 3.44. The van der Waals surface area contributed by atoms with Crippen molar-refractivity contribution in [1.82, 2.24) is 15.3 Å². The van der Waals surface area contributed by atoms with Crippen LogP contribution in [0.1, 0.15) is 46.4 Å². The van der Waals surface area contributed by atoms with E-state index < -0.39 is 0 Å². The first-order chi connectivity index (χ1) is 12.7. The topological polar surface area (TPSA) is 86.9 Å². The van der Waals surface area contributed by atoms with Gasteiger partial charge in [0.1, 0.15) is 0 Å². The Morgan fingerprint density at radius 3 is 2.46 bits per heavy atom. The number of nitrogens with one attached hydrogen (secondary N) is 3. The standard InChI is InChI=1S/C20H20N4O2/c25-19(23-15-3-1-2-4-15)13-5-8-16(9-6-13)24-20(26)14-7-10-17-18(11-14)22-12-21-17/h5-12,15H,1-4H2,(H,21,22)(H,23,25)(H,24,26). The molecule has 0 unspecified atom stereocenters. The summed E-state index contributed by atoms with van der Waals surface area (Å²) in [6.45, 7) is 0. The molecule has 1 heterocycles. The first-order valence-corrected chi connectivity index (χ1v) is 8.84. The molecule has 1 fully saturated rings. The van der Waals surface area contributed by atoms with Crippen molar-refractivity contribution >= 4 is 28.5 Å². The Labute approximate surface area is 151 Å². The lowest BCUT2D eigenvalue weighted by Crippen LogP contribution is -2.32. The molecule has 0 bridgehead atoms. The van der Waals surface area contributed by atoms with Crippen molar-refractivity contribution in [3.05, 3.63) is 59.9 Å². The zero-order valence-corrected chi connectivity index (χ0v) is 14.3. The van der Waals surface area contributed by atoms with Crippen LogP contribution in [0.5, 0.6) is 0 Å². The SMILES string of the molecule is O=C(Nc1ccc(C(=O)NC2CCCC2)cc1)c1ccc2nc[nH]c2c1. The molecular formula is C20H20N4O2. The third-order valence-electron chi connectivity index (χ3n) is 4.78. The Balaban J connectivity index is 1.41. The van der Waals surface area contributed by atoms with E-state index >= 15 is 0 Å². The number of aromatic amines is 1. The molecule has 0 aliphatic heterocycles. The van der Waals surface area contributed by atoms with E-state index in [1.807, 2.05) is 0 Å². The number of aromatic nitrogens is 2. The van der Waals surface area contributed by atoms with E-state index in [1.54, 1.807) is 48.8 Å². The lowest BCUT2D eigenvalue weighted by molar-refractivity contribution is 0.0937. The van der Waals surface area contributed by atoms with Crippen molar-refractivity contribution in [3.63, 3.8) is 0 Å². The van der Waals surface area contributed by atoms with Crippen molar-refractivity contribution in [3.8, 4) is 0 Å². The zero-order chi connectivity index (χ0) is 17.9. The van der Waals surface area contributed by atoms with Gasteiger partial charge in [0.2, 0.25) is 0 Å². The first kappa shape index (κ1) is 16.3. The molecule has 1 aromatic heterocycles. The predicted octanol–water partition coefficient (Wildman–Crippen LogP) is 3.49. The molecule has 3 aromatic rings. The molecule has 1 aliphatic carbocycles. The highest BCUT2D eigenvalue weighted by atomic mass is 16.2. The molecule has 3 N–H and O–H groups in total. The smallest absolute Gasteiger partial charge is 0.255 e. The van der Waals surface area contributed by atoms with Gasteiger partial charge in [-0.1, -0.05) is 12.8 Å². The molecule has 4 rings (SSSR count). The molecule has 2 aromatic carbocycles. The summed E-state index contributed by atoms with van der Waals surface area (Å²) in [7, 11) is 0. The van der Waals surface area contributed by atoms with Gasteiger partial charge in [-0.05, 0) is 55.3 Å². The number of hydrogen-bond acceptors (Lipinski definition) is 3. The second-order valence-electron chi connectivity index (χ2n) is 6.62. The summed E-state index contributed by atoms with van der Waals surface area (Å²) >= 11 is 0. The van der Waals surface area contributed by atoms with Gasteiger partial charge in [-0.25, -0.2) is 4.98 Å². The third-order valence-corrected chi connectivity index (χ3v) is 4.78. The van der Waals surface area contributed by atoms with E-state index in [1.165, 1.54) is 12.8 Å². The van der Waals surface area contributed by atoms with Gasteiger partial charge in [-0.3, -0.25) is 9.59 Å². The summed E-state index contributed by atoms with van der Waals surface area (Å²) in [5.74, 6) is -0.260. The molecule has 0 spiro atoms. The number of carbonyl (C=O) groups is 2.